The van der Waals surface area contributed by atoms with Crippen molar-refractivity contribution in [3.63, 3.8) is 0 Å². The molecule has 0 atom stereocenters. The molecule has 0 aliphatic carbocycles. The van der Waals surface area contributed by atoms with Gasteiger partial charge in [-0.2, -0.15) is 0 Å². The average Bonchev–Trinajstić information content (AvgIpc) is 2.37. The van der Waals surface area contributed by atoms with E-state index in [1.807, 2.05) is 18.2 Å². The number of nitrogens with one attached hydrogen (secondary N) is 1. The van der Waals surface area contributed by atoms with Crippen LogP contribution in [0, 0.1) is 11.8 Å². The van der Waals surface area contributed by atoms with Gasteiger partial charge in [0.15, 0.2) is 0 Å². The third kappa shape index (κ3) is 4.97. The van der Waals surface area contributed by atoms with Crippen LogP contribution in [-0.2, 0) is 11.3 Å². The lowest BCUT2D eigenvalue weighted by Crippen LogP contribution is -2.19. The van der Waals surface area contributed by atoms with Crippen LogP contribution in [0.15, 0.2) is 18.2 Å². The normalized spacial score (nSPS) is 9.72. The molecule has 0 aliphatic heterocycles. The highest BCUT2D eigenvalue weighted by Crippen LogP contribution is 2.26. The molecule has 18 heavy (non-hydrogen) atoms. The minimum atomic E-state index is 0.377. The summed E-state index contributed by atoms with van der Waals surface area (Å²) in [6.07, 6.45) is 0. The minimum absolute atomic E-state index is 0.377. The van der Waals surface area contributed by atoms with Crippen LogP contribution in [0.25, 0.3) is 0 Å². The van der Waals surface area contributed by atoms with Gasteiger partial charge in [0.1, 0.15) is 12.4 Å². The molecule has 0 aliphatic rings. The lowest BCUT2D eigenvalue weighted by atomic mass is 10.2. The van der Waals surface area contributed by atoms with Crippen molar-refractivity contribution in [1.82, 2.24) is 5.32 Å². The molecule has 1 rings (SSSR count). The van der Waals surface area contributed by atoms with Crippen LogP contribution < -0.4 is 10.1 Å². The fraction of sp³-hybridized carbons (Fsp3) is 0.429. The summed E-state index contributed by atoms with van der Waals surface area (Å²) in [7, 11) is 1.68. The van der Waals surface area contributed by atoms with E-state index in [0.717, 1.165) is 17.9 Å². The summed E-state index contributed by atoms with van der Waals surface area (Å²) in [6.45, 7) is 4.26. The maximum atomic E-state index is 6.17. The van der Waals surface area contributed by atoms with Crippen molar-refractivity contribution in [3.05, 3.63) is 28.8 Å². The molecule has 0 spiro atoms. The zero-order chi connectivity index (χ0) is 13.2. The topological polar surface area (TPSA) is 30.5 Å². The van der Waals surface area contributed by atoms with Gasteiger partial charge in [-0.15, -0.1) is 5.92 Å². The smallest absolute Gasteiger partial charge is 0.149 e. The van der Waals surface area contributed by atoms with E-state index in [4.69, 9.17) is 21.1 Å². The van der Waals surface area contributed by atoms with Gasteiger partial charge in [-0.05, 0) is 19.1 Å². The Hall–Kier alpha value is -1.21. The number of methoxy groups -OCH3 is 1. The van der Waals surface area contributed by atoms with Gasteiger partial charge in [-0.3, -0.25) is 0 Å². The summed E-state index contributed by atoms with van der Waals surface area (Å²) in [4.78, 5) is 0. The molecule has 4 heteroatoms. The Morgan fingerprint density at radius 2 is 2.22 bits per heavy atom. The molecule has 3 nitrogen and oxygen atoms in total. The second kappa shape index (κ2) is 8.82. The largest absolute Gasteiger partial charge is 0.481 e. The number of hydrogen-bond acceptors (Lipinski definition) is 3. The quantitative estimate of drug-likeness (QED) is 0.608. The SMILES string of the molecule is CC#CCOc1cccc(Cl)c1CNCCOC. The van der Waals surface area contributed by atoms with Gasteiger partial charge in [0, 0.05) is 30.8 Å². The molecule has 0 unspecified atom stereocenters. The Bertz CT molecular complexity index is 424. The van der Waals surface area contributed by atoms with E-state index in [1.165, 1.54) is 0 Å². The van der Waals surface area contributed by atoms with Crippen molar-refractivity contribution in [2.24, 2.45) is 0 Å². The number of rotatable bonds is 7. The Labute approximate surface area is 113 Å². The molecule has 0 heterocycles. The predicted molar refractivity (Wildman–Crippen MR) is 74.0 cm³/mol. The van der Waals surface area contributed by atoms with Crippen molar-refractivity contribution >= 4 is 11.6 Å². The van der Waals surface area contributed by atoms with E-state index in [1.54, 1.807) is 14.0 Å². The maximum Gasteiger partial charge on any atom is 0.149 e. The van der Waals surface area contributed by atoms with Gasteiger partial charge in [0.05, 0.1) is 6.61 Å². The predicted octanol–water partition coefficient (Wildman–Crippen LogP) is 2.48. The minimum Gasteiger partial charge on any atom is -0.481 e. The van der Waals surface area contributed by atoms with Gasteiger partial charge >= 0.3 is 0 Å². The lowest BCUT2D eigenvalue weighted by molar-refractivity contribution is 0.199. The van der Waals surface area contributed by atoms with Crippen LogP contribution in [0.1, 0.15) is 12.5 Å². The van der Waals surface area contributed by atoms with Crippen LogP contribution in [0.4, 0.5) is 0 Å². The van der Waals surface area contributed by atoms with Crippen molar-refractivity contribution < 1.29 is 9.47 Å². The summed E-state index contributed by atoms with van der Waals surface area (Å²) < 4.78 is 10.6. The molecule has 0 amide bonds. The first kappa shape index (κ1) is 14.8. The van der Waals surface area contributed by atoms with E-state index in [0.29, 0.717) is 24.8 Å². The van der Waals surface area contributed by atoms with E-state index in [9.17, 15) is 0 Å². The van der Waals surface area contributed by atoms with Gasteiger partial charge in [-0.1, -0.05) is 23.6 Å². The molecule has 0 saturated carbocycles. The Balaban J connectivity index is 2.63. The number of halogens is 1. The second-order valence-electron chi connectivity index (χ2n) is 3.60. The van der Waals surface area contributed by atoms with Crippen LogP contribution in [0.3, 0.4) is 0 Å². The summed E-state index contributed by atoms with van der Waals surface area (Å²) >= 11 is 6.17. The molecule has 0 saturated heterocycles. The number of ether oxygens (including phenoxy) is 2. The van der Waals surface area contributed by atoms with E-state index < -0.39 is 0 Å². The molecule has 98 valence electrons. The molecule has 0 aromatic heterocycles. The average molecular weight is 268 g/mol. The monoisotopic (exact) mass is 267 g/mol. The summed E-state index contributed by atoms with van der Waals surface area (Å²) in [6, 6.07) is 5.62. The van der Waals surface area contributed by atoms with Gasteiger partial charge in [0.25, 0.3) is 0 Å². The number of benzene rings is 1. The Morgan fingerprint density at radius 3 is 2.94 bits per heavy atom. The van der Waals surface area contributed by atoms with E-state index in [-0.39, 0.29) is 0 Å². The summed E-state index contributed by atoms with van der Waals surface area (Å²) in [5, 5.41) is 3.94. The van der Waals surface area contributed by atoms with E-state index >= 15 is 0 Å². The molecule has 0 bridgehead atoms. The molecule has 0 fully saturated rings. The van der Waals surface area contributed by atoms with Crippen molar-refractivity contribution in [2.45, 2.75) is 13.5 Å². The molecule has 0 radical (unpaired) electrons. The maximum absolute atomic E-state index is 6.17. The summed E-state index contributed by atoms with van der Waals surface area (Å²) in [5.41, 5.74) is 0.952. The third-order valence-corrected chi connectivity index (χ3v) is 2.69. The van der Waals surface area contributed by atoms with Crippen molar-refractivity contribution in [3.8, 4) is 17.6 Å². The molecule has 1 N–H and O–H groups in total. The highest BCUT2D eigenvalue weighted by atomic mass is 35.5. The first-order valence-corrected chi connectivity index (χ1v) is 6.16. The van der Waals surface area contributed by atoms with Gasteiger partial charge in [0.2, 0.25) is 0 Å². The van der Waals surface area contributed by atoms with E-state index in [2.05, 4.69) is 17.2 Å². The number of hydrogen-bond donors (Lipinski definition) is 1. The standard InChI is InChI=1S/C14H18ClNO2/c1-3-4-9-18-14-7-5-6-13(15)12(14)11-16-8-10-17-2/h5-7,16H,8-11H2,1-2H3. The van der Waals surface area contributed by atoms with Crippen molar-refractivity contribution in [1.29, 1.82) is 0 Å². The summed E-state index contributed by atoms with van der Waals surface area (Å²) in [5.74, 6) is 6.43. The van der Waals surface area contributed by atoms with Gasteiger partial charge in [-0.25, -0.2) is 0 Å². The van der Waals surface area contributed by atoms with Crippen LogP contribution >= 0.6 is 11.6 Å². The molecular weight excluding hydrogens is 250 g/mol. The zero-order valence-electron chi connectivity index (χ0n) is 10.8. The lowest BCUT2D eigenvalue weighted by Gasteiger charge is -2.12. The van der Waals surface area contributed by atoms with Crippen molar-refractivity contribution in [2.75, 3.05) is 26.9 Å². The Morgan fingerprint density at radius 1 is 1.39 bits per heavy atom. The first-order chi connectivity index (χ1) is 8.79. The Kier molecular flexibility index (Phi) is 7.28. The highest BCUT2D eigenvalue weighted by Gasteiger charge is 2.07. The highest BCUT2D eigenvalue weighted by molar-refractivity contribution is 6.31. The van der Waals surface area contributed by atoms with Crippen LogP contribution in [0.5, 0.6) is 5.75 Å². The third-order valence-electron chi connectivity index (χ3n) is 2.34. The molecule has 1 aromatic rings. The molecular formula is C14H18ClNO2. The van der Waals surface area contributed by atoms with Crippen LogP contribution in [-0.4, -0.2) is 26.9 Å². The fourth-order valence-electron chi connectivity index (χ4n) is 1.42. The second-order valence-corrected chi connectivity index (χ2v) is 4.01. The molecule has 1 aromatic carbocycles. The van der Waals surface area contributed by atoms with Gasteiger partial charge < -0.3 is 14.8 Å². The van der Waals surface area contributed by atoms with Crippen LogP contribution in [0.2, 0.25) is 5.02 Å². The zero-order valence-corrected chi connectivity index (χ0v) is 11.5. The fourth-order valence-corrected chi connectivity index (χ4v) is 1.65. The first-order valence-electron chi connectivity index (χ1n) is 5.79.